The van der Waals surface area contributed by atoms with E-state index < -0.39 is 0 Å². The predicted octanol–water partition coefficient (Wildman–Crippen LogP) is 15.1. The minimum atomic E-state index is 0.553. The van der Waals surface area contributed by atoms with Gasteiger partial charge in [0.1, 0.15) is 22.3 Å². The largest absolute Gasteiger partial charge is 0.456 e. The second-order valence-electron chi connectivity index (χ2n) is 16.0. The van der Waals surface area contributed by atoms with E-state index in [-0.39, 0.29) is 0 Å². The van der Waals surface area contributed by atoms with Gasteiger partial charge in [-0.15, -0.1) is 0 Å². The number of hydrogen-bond acceptors (Lipinski definition) is 5. The maximum atomic E-state index is 6.30. The molecule has 9 aromatic carbocycles. The highest BCUT2D eigenvalue weighted by molar-refractivity contribution is 6.12. The summed E-state index contributed by atoms with van der Waals surface area (Å²) in [4.78, 5) is 15.4. The monoisotopic (exact) mass is 806 g/mol. The van der Waals surface area contributed by atoms with E-state index in [0.29, 0.717) is 17.5 Å². The molecule has 0 aliphatic heterocycles. The van der Waals surface area contributed by atoms with Crippen LogP contribution >= 0.6 is 0 Å². The Labute approximate surface area is 361 Å². The summed E-state index contributed by atoms with van der Waals surface area (Å²) < 4.78 is 15.0. The molecule has 0 bridgehead atoms. The average Bonchev–Trinajstić information content (AvgIpc) is 4.03. The SMILES string of the molecule is c1ccc(-c2ccc3c(c2)c2cc(-c4ccccc4)ccc2n3-c2ccc(-c3nc(-c4ccc5c(c4)oc4ccccc45)nc(-c4ccc5c(c4)oc4ccccc45)n3)cc2)cc1. The Morgan fingerprint density at radius 2 is 0.667 bits per heavy atom. The third kappa shape index (κ3) is 5.84. The highest BCUT2D eigenvalue weighted by Crippen LogP contribution is 2.39. The van der Waals surface area contributed by atoms with Crippen molar-refractivity contribution in [3.8, 4) is 62.1 Å². The molecule has 0 amide bonds. The normalized spacial score (nSPS) is 11.8. The first kappa shape index (κ1) is 35.2. The van der Waals surface area contributed by atoms with Crippen molar-refractivity contribution in [2.24, 2.45) is 0 Å². The Bertz CT molecular complexity index is 3670. The number of benzene rings is 9. The molecule has 4 aromatic heterocycles. The zero-order valence-electron chi connectivity index (χ0n) is 33.7. The minimum absolute atomic E-state index is 0.553. The van der Waals surface area contributed by atoms with E-state index in [1.54, 1.807) is 0 Å². The lowest BCUT2D eigenvalue weighted by atomic mass is 10.0. The van der Waals surface area contributed by atoms with Crippen molar-refractivity contribution >= 4 is 65.7 Å². The smallest absolute Gasteiger partial charge is 0.164 e. The van der Waals surface area contributed by atoms with Gasteiger partial charge in [0, 0.05) is 54.7 Å². The lowest BCUT2D eigenvalue weighted by molar-refractivity contribution is 0.668. The third-order valence-corrected chi connectivity index (χ3v) is 12.3. The molecule has 0 atom stereocenters. The average molecular weight is 807 g/mol. The van der Waals surface area contributed by atoms with Gasteiger partial charge in [-0.05, 0) is 107 Å². The molecule has 13 rings (SSSR count). The molecule has 63 heavy (non-hydrogen) atoms. The maximum Gasteiger partial charge on any atom is 0.164 e. The van der Waals surface area contributed by atoms with Gasteiger partial charge in [0.25, 0.3) is 0 Å². The number of para-hydroxylation sites is 2. The van der Waals surface area contributed by atoms with Crippen LogP contribution in [0, 0.1) is 0 Å². The summed E-state index contributed by atoms with van der Waals surface area (Å²) in [6, 6.07) is 71.8. The van der Waals surface area contributed by atoms with Gasteiger partial charge in [-0.3, -0.25) is 0 Å². The molecule has 0 unspecified atom stereocenters. The first-order chi connectivity index (χ1) is 31.2. The molecule has 294 valence electrons. The summed E-state index contributed by atoms with van der Waals surface area (Å²) in [6.45, 7) is 0. The zero-order valence-corrected chi connectivity index (χ0v) is 33.7. The van der Waals surface area contributed by atoms with Gasteiger partial charge in [0.15, 0.2) is 17.5 Å². The van der Waals surface area contributed by atoms with Crippen LogP contribution in [0.4, 0.5) is 0 Å². The fourth-order valence-corrected chi connectivity index (χ4v) is 9.17. The van der Waals surface area contributed by atoms with Crippen LogP contribution in [-0.2, 0) is 0 Å². The lowest BCUT2D eigenvalue weighted by Gasteiger charge is -2.11. The zero-order chi connectivity index (χ0) is 41.4. The van der Waals surface area contributed by atoms with Crippen LogP contribution in [0.5, 0.6) is 0 Å². The summed E-state index contributed by atoms with van der Waals surface area (Å²) in [5, 5.41) is 6.64. The van der Waals surface area contributed by atoms with E-state index in [2.05, 4.69) is 162 Å². The van der Waals surface area contributed by atoms with Crippen molar-refractivity contribution in [3.05, 3.63) is 206 Å². The van der Waals surface area contributed by atoms with Crippen molar-refractivity contribution in [1.82, 2.24) is 19.5 Å². The Kier molecular flexibility index (Phi) is 7.80. The van der Waals surface area contributed by atoms with E-state index in [1.807, 2.05) is 48.5 Å². The number of hydrogen-bond donors (Lipinski definition) is 0. The van der Waals surface area contributed by atoms with Gasteiger partial charge in [-0.1, -0.05) is 121 Å². The van der Waals surface area contributed by atoms with Gasteiger partial charge in [-0.2, -0.15) is 0 Å². The highest BCUT2D eigenvalue weighted by Gasteiger charge is 2.19. The van der Waals surface area contributed by atoms with Gasteiger partial charge < -0.3 is 13.4 Å². The Hall–Kier alpha value is -8.61. The Morgan fingerprint density at radius 1 is 0.270 bits per heavy atom. The molecule has 13 aromatic rings. The topological polar surface area (TPSA) is 69.9 Å². The Balaban J connectivity index is 0.956. The first-order valence-electron chi connectivity index (χ1n) is 21.1. The number of rotatable bonds is 6. The second-order valence-corrected chi connectivity index (χ2v) is 16.0. The molecule has 0 radical (unpaired) electrons. The van der Waals surface area contributed by atoms with Gasteiger partial charge >= 0.3 is 0 Å². The van der Waals surface area contributed by atoms with Gasteiger partial charge in [0.05, 0.1) is 11.0 Å². The number of fused-ring (bicyclic) bond motifs is 9. The van der Waals surface area contributed by atoms with E-state index in [1.165, 1.54) is 33.0 Å². The predicted molar refractivity (Wildman–Crippen MR) is 256 cm³/mol. The molecular formula is C57H34N4O2. The van der Waals surface area contributed by atoms with Gasteiger partial charge in [0.2, 0.25) is 0 Å². The van der Waals surface area contributed by atoms with E-state index >= 15 is 0 Å². The van der Waals surface area contributed by atoms with Crippen molar-refractivity contribution in [3.63, 3.8) is 0 Å². The summed E-state index contributed by atoms with van der Waals surface area (Å²) in [5.74, 6) is 1.67. The molecule has 0 aliphatic rings. The van der Waals surface area contributed by atoms with Crippen molar-refractivity contribution in [2.75, 3.05) is 0 Å². The van der Waals surface area contributed by atoms with Crippen LogP contribution in [0.1, 0.15) is 0 Å². The fourth-order valence-electron chi connectivity index (χ4n) is 9.17. The van der Waals surface area contributed by atoms with Crippen LogP contribution < -0.4 is 0 Å². The summed E-state index contributed by atoms with van der Waals surface area (Å²) in [5.41, 5.74) is 13.8. The fraction of sp³-hybridized carbons (Fsp3) is 0. The van der Waals surface area contributed by atoms with Crippen LogP contribution in [-0.4, -0.2) is 19.5 Å². The minimum Gasteiger partial charge on any atom is -0.456 e. The molecule has 0 spiro atoms. The quantitative estimate of drug-likeness (QED) is 0.167. The summed E-state index contributed by atoms with van der Waals surface area (Å²) in [6.07, 6.45) is 0. The third-order valence-electron chi connectivity index (χ3n) is 12.3. The Morgan fingerprint density at radius 3 is 1.16 bits per heavy atom. The van der Waals surface area contributed by atoms with E-state index in [4.69, 9.17) is 23.8 Å². The number of furan rings is 2. The maximum absolute atomic E-state index is 6.30. The molecule has 6 nitrogen and oxygen atoms in total. The molecule has 0 aliphatic carbocycles. The standard InChI is InChI=1S/C57H34N4O2/c1-3-11-35(12-4-1)38-23-29-49-47(31-38)48-32-39(36-13-5-2-6-14-36)24-30-50(48)61(49)42-25-19-37(20-26-42)55-58-56(40-21-27-45-43-15-7-9-17-51(43)62-53(45)33-40)60-57(59-55)41-22-28-46-44-16-8-10-18-52(44)63-54(46)34-41/h1-34H. The van der Waals surface area contributed by atoms with Crippen LogP contribution in [0.25, 0.3) is 128 Å². The molecule has 6 heteroatoms. The van der Waals surface area contributed by atoms with Crippen molar-refractivity contribution < 1.29 is 8.83 Å². The van der Waals surface area contributed by atoms with E-state index in [0.717, 1.165) is 77.3 Å². The first-order valence-corrected chi connectivity index (χ1v) is 21.1. The number of aromatic nitrogens is 4. The highest BCUT2D eigenvalue weighted by atomic mass is 16.3. The summed E-state index contributed by atoms with van der Waals surface area (Å²) in [7, 11) is 0. The second kappa shape index (κ2) is 14.0. The molecule has 0 N–H and O–H groups in total. The molecular weight excluding hydrogens is 773 g/mol. The molecule has 0 saturated heterocycles. The summed E-state index contributed by atoms with van der Waals surface area (Å²) >= 11 is 0. The van der Waals surface area contributed by atoms with Crippen molar-refractivity contribution in [2.45, 2.75) is 0 Å². The van der Waals surface area contributed by atoms with Crippen molar-refractivity contribution in [1.29, 1.82) is 0 Å². The van der Waals surface area contributed by atoms with Crippen LogP contribution in [0.15, 0.2) is 215 Å². The number of nitrogens with zero attached hydrogens (tertiary/aromatic N) is 4. The lowest BCUT2D eigenvalue weighted by Crippen LogP contribution is -2.00. The molecule has 0 saturated carbocycles. The van der Waals surface area contributed by atoms with Crippen LogP contribution in [0.3, 0.4) is 0 Å². The molecule has 0 fully saturated rings. The van der Waals surface area contributed by atoms with E-state index in [9.17, 15) is 0 Å². The molecule has 4 heterocycles. The van der Waals surface area contributed by atoms with Crippen LogP contribution in [0.2, 0.25) is 0 Å². The van der Waals surface area contributed by atoms with Gasteiger partial charge in [-0.25, -0.2) is 15.0 Å².